The molecule has 0 fully saturated rings. The standard InChI is InChI=1S/C13H21N3O3S/c1-13(2,3)11(14)12(17)16-10-6-4-9(5-7-10)8-20(15,18)19/h4-7,11H,8,14H2,1-3H3,(H,16,17)(H2,15,18,19)/t11-/m0/s1. The first-order chi connectivity index (χ1) is 8.99. The fourth-order valence-electron chi connectivity index (χ4n) is 1.53. The van der Waals surface area contributed by atoms with E-state index >= 15 is 0 Å². The Kier molecular flexibility index (Phi) is 4.90. The van der Waals surface area contributed by atoms with Gasteiger partial charge in [-0.1, -0.05) is 32.9 Å². The van der Waals surface area contributed by atoms with Gasteiger partial charge in [-0.05, 0) is 23.1 Å². The zero-order valence-electron chi connectivity index (χ0n) is 11.9. The molecule has 1 aromatic carbocycles. The lowest BCUT2D eigenvalue weighted by atomic mass is 9.87. The van der Waals surface area contributed by atoms with Crippen molar-refractivity contribution >= 4 is 21.6 Å². The van der Waals surface area contributed by atoms with Gasteiger partial charge in [-0.15, -0.1) is 0 Å². The van der Waals surface area contributed by atoms with Crippen molar-refractivity contribution in [2.45, 2.75) is 32.6 Å². The highest BCUT2D eigenvalue weighted by Crippen LogP contribution is 2.19. The topological polar surface area (TPSA) is 115 Å². The van der Waals surface area contributed by atoms with Crippen LogP contribution in [0.5, 0.6) is 0 Å². The normalized spacial score (nSPS) is 13.8. The number of amides is 1. The second-order valence-corrected chi connectivity index (χ2v) is 7.45. The number of nitrogens with one attached hydrogen (secondary N) is 1. The highest BCUT2D eigenvalue weighted by atomic mass is 32.2. The predicted molar refractivity (Wildman–Crippen MR) is 79.3 cm³/mol. The monoisotopic (exact) mass is 299 g/mol. The lowest BCUT2D eigenvalue weighted by molar-refractivity contribution is -0.119. The first-order valence-electron chi connectivity index (χ1n) is 6.15. The summed E-state index contributed by atoms with van der Waals surface area (Å²) in [6.07, 6.45) is 0. The van der Waals surface area contributed by atoms with E-state index in [2.05, 4.69) is 5.32 Å². The minimum absolute atomic E-state index is 0.233. The first-order valence-corrected chi connectivity index (χ1v) is 7.86. The number of primary sulfonamides is 1. The van der Waals surface area contributed by atoms with Crippen LogP contribution >= 0.6 is 0 Å². The van der Waals surface area contributed by atoms with Crippen LogP contribution in [-0.2, 0) is 20.6 Å². The molecule has 1 rings (SSSR count). The van der Waals surface area contributed by atoms with E-state index in [4.69, 9.17) is 10.9 Å². The van der Waals surface area contributed by atoms with Crippen molar-refractivity contribution < 1.29 is 13.2 Å². The molecule has 112 valence electrons. The molecule has 1 atom stereocenters. The predicted octanol–water partition coefficient (Wildman–Crippen LogP) is 0.787. The zero-order chi connectivity index (χ0) is 15.6. The van der Waals surface area contributed by atoms with Crippen LogP contribution in [0, 0.1) is 5.41 Å². The van der Waals surface area contributed by atoms with Gasteiger partial charge in [0.15, 0.2) is 0 Å². The van der Waals surface area contributed by atoms with Crippen LogP contribution in [0.25, 0.3) is 0 Å². The van der Waals surface area contributed by atoms with Gasteiger partial charge in [0, 0.05) is 5.69 Å². The van der Waals surface area contributed by atoms with Crippen molar-refractivity contribution in [1.29, 1.82) is 0 Å². The number of anilines is 1. The molecule has 1 amide bonds. The molecule has 1 aromatic rings. The molecule has 7 heteroatoms. The van der Waals surface area contributed by atoms with Crippen LogP contribution in [0.1, 0.15) is 26.3 Å². The number of nitrogens with two attached hydrogens (primary N) is 2. The van der Waals surface area contributed by atoms with E-state index in [1.54, 1.807) is 24.3 Å². The Bertz CT molecular complexity index is 574. The number of benzene rings is 1. The summed E-state index contributed by atoms with van der Waals surface area (Å²) >= 11 is 0. The van der Waals surface area contributed by atoms with Crippen molar-refractivity contribution in [3.8, 4) is 0 Å². The summed E-state index contributed by atoms with van der Waals surface area (Å²) in [6.45, 7) is 5.64. The zero-order valence-corrected chi connectivity index (χ0v) is 12.7. The Morgan fingerprint density at radius 2 is 1.75 bits per heavy atom. The highest BCUT2D eigenvalue weighted by molar-refractivity contribution is 7.88. The molecule has 0 aliphatic heterocycles. The molecule has 0 radical (unpaired) electrons. The van der Waals surface area contributed by atoms with Gasteiger partial charge >= 0.3 is 0 Å². The molecule has 0 spiro atoms. The number of carbonyl (C=O) groups excluding carboxylic acids is 1. The Hall–Kier alpha value is -1.44. The quantitative estimate of drug-likeness (QED) is 0.762. The Morgan fingerprint density at radius 3 is 2.15 bits per heavy atom. The molecule has 6 nitrogen and oxygen atoms in total. The first kappa shape index (κ1) is 16.6. The molecule has 0 saturated carbocycles. The third-order valence-electron chi connectivity index (χ3n) is 2.80. The second kappa shape index (κ2) is 5.90. The summed E-state index contributed by atoms with van der Waals surface area (Å²) in [5.74, 6) is -0.514. The highest BCUT2D eigenvalue weighted by Gasteiger charge is 2.27. The van der Waals surface area contributed by atoms with Crippen molar-refractivity contribution in [3.63, 3.8) is 0 Å². The van der Waals surface area contributed by atoms with Gasteiger partial charge in [-0.3, -0.25) is 4.79 Å². The van der Waals surface area contributed by atoms with E-state index in [0.29, 0.717) is 11.3 Å². The van der Waals surface area contributed by atoms with Crippen molar-refractivity contribution in [3.05, 3.63) is 29.8 Å². The minimum atomic E-state index is -3.55. The summed E-state index contributed by atoms with van der Waals surface area (Å²) in [5, 5.41) is 7.65. The van der Waals surface area contributed by atoms with Crippen LogP contribution in [0.2, 0.25) is 0 Å². The van der Waals surface area contributed by atoms with Gasteiger partial charge in [-0.25, -0.2) is 13.6 Å². The van der Waals surface area contributed by atoms with Crippen LogP contribution in [0.4, 0.5) is 5.69 Å². The molecule has 0 saturated heterocycles. The van der Waals surface area contributed by atoms with E-state index in [0.717, 1.165) is 0 Å². The fourth-order valence-corrected chi connectivity index (χ4v) is 2.19. The number of carbonyl (C=O) groups is 1. The summed E-state index contributed by atoms with van der Waals surface area (Å²) < 4.78 is 21.9. The van der Waals surface area contributed by atoms with Crippen LogP contribution in [0.15, 0.2) is 24.3 Å². The number of sulfonamides is 1. The summed E-state index contributed by atoms with van der Waals surface area (Å²) in [5.41, 5.74) is 6.64. The third kappa shape index (κ3) is 5.28. The van der Waals surface area contributed by atoms with Gasteiger partial charge in [0.1, 0.15) is 0 Å². The van der Waals surface area contributed by atoms with E-state index in [9.17, 15) is 13.2 Å². The molecule has 0 aliphatic rings. The minimum Gasteiger partial charge on any atom is -0.325 e. The number of hydrogen-bond acceptors (Lipinski definition) is 4. The summed E-state index contributed by atoms with van der Waals surface area (Å²) in [6, 6.07) is 5.80. The fraction of sp³-hybridized carbons (Fsp3) is 0.462. The maximum atomic E-state index is 11.9. The number of hydrogen-bond donors (Lipinski definition) is 3. The maximum Gasteiger partial charge on any atom is 0.241 e. The average Bonchev–Trinajstić information content (AvgIpc) is 2.27. The van der Waals surface area contributed by atoms with E-state index in [-0.39, 0.29) is 17.1 Å². The lowest BCUT2D eigenvalue weighted by Gasteiger charge is -2.25. The largest absolute Gasteiger partial charge is 0.325 e. The average molecular weight is 299 g/mol. The second-order valence-electron chi connectivity index (χ2n) is 5.84. The molecule has 5 N–H and O–H groups in total. The molecule has 0 aromatic heterocycles. The van der Waals surface area contributed by atoms with Crippen molar-refractivity contribution in [2.24, 2.45) is 16.3 Å². The molecular weight excluding hydrogens is 278 g/mol. The van der Waals surface area contributed by atoms with Gasteiger partial charge in [0.2, 0.25) is 15.9 Å². The van der Waals surface area contributed by atoms with Gasteiger partial charge in [-0.2, -0.15) is 0 Å². The summed E-state index contributed by atoms with van der Waals surface area (Å²) in [7, 11) is -3.55. The van der Waals surface area contributed by atoms with Crippen LogP contribution in [-0.4, -0.2) is 20.4 Å². The van der Waals surface area contributed by atoms with Gasteiger partial charge in [0.05, 0.1) is 11.8 Å². The molecule has 0 heterocycles. The SMILES string of the molecule is CC(C)(C)[C@@H](N)C(=O)Nc1ccc(CS(N)(=O)=O)cc1. The third-order valence-corrected chi connectivity index (χ3v) is 3.54. The Balaban J connectivity index is 2.73. The lowest BCUT2D eigenvalue weighted by Crippen LogP contribution is -2.45. The molecule has 0 unspecified atom stereocenters. The Morgan fingerprint density at radius 1 is 1.25 bits per heavy atom. The van der Waals surface area contributed by atoms with Gasteiger partial charge in [0.25, 0.3) is 0 Å². The maximum absolute atomic E-state index is 11.9. The van der Waals surface area contributed by atoms with Crippen molar-refractivity contribution in [1.82, 2.24) is 0 Å². The number of rotatable bonds is 4. The van der Waals surface area contributed by atoms with E-state index < -0.39 is 16.1 Å². The summed E-state index contributed by atoms with van der Waals surface area (Å²) in [4.78, 5) is 11.9. The van der Waals surface area contributed by atoms with Crippen LogP contribution < -0.4 is 16.2 Å². The smallest absolute Gasteiger partial charge is 0.241 e. The van der Waals surface area contributed by atoms with Crippen molar-refractivity contribution in [2.75, 3.05) is 5.32 Å². The molecular formula is C13H21N3O3S. The van der Waals surface area contributed by atoms with Gasteiger partial charge < -0.3 is 11.1 Å². The Labute approximate surface area is 119 Å². The molecule has 0 bridgehead atoms. The molecule has 20 heavy (non-hydrogen) atoms. The van der Waals surface area contributed by atoms with Crippen LogP contribution in [0.3, 0.4) is 0 Å². The van der Waals surface area contributed by atoms with E-state index in [1.807, 2.05) is 20.8 Å². The molecule has 0 aliphatic carbocycles. The van der Waals surface area contributed by atoms with E-state index in [1.165, 1.54) is 0 Å².